The van der Waals surface area contributed by atoms with E-state index in [0.29, 0.717) is 36.9 Å². The van der Waals surface area contributed by atoms with Gasteiger partial charge in [-0.1, -0.05) is 40.0 Å². The lowest BCUT2D eigenvalue weighted by Crippen LogP contribution is -2.15. The Hall–Kier alpha value is -3.02. The molecule has 6 nitrogen and oxygen atoms in total. The lowest BCUT2D eigenvalue weighted by atomic mass is 10.1. The summed E-state index contributed by atoms with van der Waals surface area (Å²) in [7, 11) is 0. The molecule has 0 aliphatic carbocycles. The first kappa shape index (κ1) is 27.2. The van der Waals surface area contributed by atoms with E-state index in [0.717, 1.165) is 31.4 Å². The van der Waals surface area contributed by atoms with E-state index in [-0.39, 0.29) is 11.9 Å². The number of hydrogen-bond donors (Lipinski definition) is 0. The van der Waals surface area contributed by atoms with Crippen LogP contribution in [0.1, 0.15) is 76.1 Å². The first-order chi connectivity index (χ1) is 16.5. The third kappa shape index (κ3) is 10.3. The van der Waals surface area contributed by atoms with Gasteiger partial charge in [0.1, 0.15) is 17.2 Å². The molecule has 0 N–H and O–H groups in total. The summed E-state index contributed by atoms with van der Waals surface area (Å²) in [6.45, 7) is 7.63. The summed E-state index contributed by atoms with van der Waals surface area (Å²) in [5.74, 6) is 1.29. The highest BCUT2D eigenvalue weighted by Crippen LogP contribution is 2.20. The number of benzene rings is 2. The van der Waals surface area contributed by atoms with Crippen LogP contribution in [0.25, 0.3) is 0 Å². The Bertz CT molecular complexity index is 844. The summed E-state index contributed by atoms with van der Waals surface area (Å²) in [4.78, 5) is 24.0. The maximum absolute atomic E-state index is 12.4. The molecule has 1 atom stereocenters. The van der Waals surface area contributed by atoms with Gasteiger partial charge in [-0.2, -0.15) is 0 Å². The Kier molecular flexibility index (Phi) is 12.6. The van der Waals surface area contributed by atoms with E-state index in [1.807, 2.05) is 26.0 Å². The summed E-state index contributed by atoms with van der Waals surface area (Å²) in [5, 5.41) is 0. The van der Waals surface area contributed by atoms with E-state index >= 15 is 0 Å². The predicted octanol–water partition coefficient (Wildman–Crippen LogP) is 6.61. The van der Waals surface area contributed by atoms with E-state index in [2.05, 4.69) is 6.92 Å². The van der Waals surface area contributed by atoms with Gasteiger partial charge < -0.3 is 18.9 Å². The molecule has 0 aromatic heterocycles. The highest BCUT2D eigenvalue weighted by atomic mass is 16.5. The van der Waals surface area contributed by atoms with Crippen LogP contribution in [0.4, 0.5) is 0 Å². The van der Waals surface area contributed by atoms with Gasteiger partial charge in [0, 0.05) is 0 Å². The van der Waals surface area contributed by atoms with Crippen LogP contribution in [0, 0.1) is 5.92 Å². The first-order valence-corrected chi connectivity index (χ1v) is 12.4. The fourth-order valence-corrected chi connectivity index (χ4v) is 3.05. The van der Waals surface area contributed by atoms with Crippen molar-refractivity contribution in [3.63, 3.8) is 0 Å². The molecule has 0 bridgehead atoms. The van der Waals surface area contributed by atoms with Crippen LogP contribution in [0.5, 0.6) is 17.2 Å². The summed E-state index contributed by atoms with van der Waals surface area (Å²) in [6, 6.07) is 13.9. The minimum absolute atomic E-state index is 0.0556. The van der Waals surface area contributed by atoms with Crippen molar-refractivity contribution in [3.05, 3.63) is 54.1 Å². The SMILES string of the molecule is CCCCCCOc1ccc(OC(=O)c2ccc(OCCCCOC(=O)C(C)CC)cc2)cc1. The minimum Gasteiger partial charge on any atom is -0.494 e. The lowest BCUT2D eigenvalue weighted by molar-refractivity contribution is -0.148. The second kappa shape index (κ2) is 15.8. The molecule has 2 aromatic rings. The van der Waals surface area contributed by atoms with Crippen LogP contribution < -0.4 is 14.2 Å². The molecule has 0 radical (unpaired) electrons. The minimum atomic E-state index is -0.428. The number of rotatable bonds is 16. The molecular weight excluding hydrogens is 432 g/mol. The zero-order valence-electron chi connectivity index (χ0n) is 20.7. The molecule has 0 spiro atoms. The number of carbonyl (C=O) groups excluding carboxylic acids is 2. The van der Waals surface area contributed by atoms with Crippen molar-refractivity contribution < 1.29 is 28.5 Å². The van der Waals surface area contributed by atoms with Crippen molar-refractivity contribution in [1.82, 2.24) is 0 Å². The normalized spacial score (nSPS) is 11.5. The lowest BCUT2D eigenvalue weighted by Gasteiger charge is -2.10. The third-order valence-corrected chi connectivity index (χ3v) is 5.46. The van der Waals surface area contributed by atoms with Crippen molar-refractivity contribution in [1.29, 1.82) is 0 Å². The highest BCUT2D eigenvalue weighted by molar-refractivity contribution is 5.91. The van der Waals surface area contributed by atoms with Gasteiger partial charge in [0.25, 0.3) is 0 Å². The summed E-state index contributed by atoms with van der Waals surface area (Å²) in [5.41, 5.74) is 0.445. The van der Waals surface area contributed by atoms with Crippen LogP contribution in [-0.2, 0) is 9.53 Å². The van der Waals surface area contributed by atoms with Crippen molar-refractivity contribution >= 4 is 11.9 Å². The van der Waals surface area contributed by atoms with Crippen molar-refractivity contribution in [3.8, 4) is 17.2 Å². The molecular formula is C28H38O6. The van der Waals surface area contributed by atoms with E-state index in [9.17, 15) is 9.59 Å². The zero-order valence-corrected chi connectivity index (χ0v) is 20.7. The largest absolute Gasteiger partial charge is 0.494 e. The summed E-state index contributed by atoms with van der Waals surface area (Å²) < 4.78 is 22.1. The molecule has 2 aromatic carbocycles. The second-order valence-electron chi connectivity index (χ2n) is 8.33. The topological polar surface area (TPSA) is 71.1 Å². The molecule has 0 fully saturated rings. The van der Waals surface area contributed by atoms with Crippen LogP contribution in [0.3, 0.4) is 0 Å². The van der Waals surface area contributed by atoms with Gasteiger partial charge in [0.2, 0.25) is 0 Å². The molecule has 1 unspecified atom stereocenters. The van der Waals surface area contributed by atoms with E-state index in [4.69, 9.17) is 18.9 Å². The van der Waals surface area contributed by atoms with Gasteiger partial charge in [-0.15, -0.1) is 0 Å². The van der Waals surface area contributed by atoms with E-state index in [1.165, 1.54) is 19.3 Å². The van der Waals surface area contributed by atoms with Crippen molar-refractivity contribution in [2.75, 3.05) is 19.8 Å². The van der Waals surface area contributed by atoms with E-state index in [1.54, 1.807) is 36.4 Å². The van der Waals surface area contributed by atoms with Crippen LogP contribution in [0.2, 0.25) is 0 Å². The molecule has 0 saturated carbocycles. The maximum Gasteiger partial charge on any atom is 0.343 e. The Balaban J connectivity index is 1.67. The standard InChI is InChI=1S/C28H38O6/c1-4-6-7-8-19-31-25-15-17-26(18-16-25)34-28(30)23-11-13-24(14-12-23)32-20-9-10-21-33-27(29)22(3)5-2/h11-18,22H,4-10,19-21H2,1-3H3. The summed E-state index contributed by atoms with van der Waals surface area (Å²) >= 11 is 0. The average Bonchev–Trinajstić information content (AvgIpc) is 2.86. The number of ether oxygens (including phenoxy) is 4. The molecule has 186 valence electrons. The van der Waals surface area contributed by atoms with Gasteiger partial charge in [-0.05, 0) is 74.2 Å². The van der Waals surface area contributed by atoms with Crippen LogP contribution in [0.15, 0.2) is 48.5 Å². The van der Waals surface area contributed by atoms with Gasteiger partial charge in [0.15, 0.2) is 0 Å². The maximum atomic E-state index is 12.4. The van der Waals surface area contributed by atoms with Crippen molar-refractivity contribution in [2.45, 2.75) is 65.7 Å². The molecule has 0 aliphatic heterocycles. The molecule has 34 heavy (non-hydrogen) atoms. The van der Waals surface area contributed by atoms with Gasteiger partial charge in [0.05, 0.1) is 31.3 Å². The summed E-state index contributed by atoms with van der Waals surface area (Å²) in [6.07, 6.45) is 6.94. The Labute approximate surface area is 203 Å². The molecule has 0 aliphatic rings. The monoisotopic (exact) mass is 470 g/mol. The first-order valence-electron chi connectivity index (χ1n) is 12.4. The quantitative estimate of drug-likeness (QED) is 0.156. The second-order valence-corrected chi connectivity index (χ2v) is 8.33. The number of esters is 2. The molecule has 2 rings (SSSR count). The Morgan fingerprint density at radius 3 is 1.82 bits per heavy atom. The Morgan fingerprint density at radius 2 is 1.24 bits per heavy atom. The smallest absolute Gasteiger partial charge is 0.343 e. The fourth-order valence-electron chi connectivity index (χ4n) is 3.05. The molecule has 0 heterocycles. The third-order valence-electron chi connectivity index (χ3n) is 5.46. The number of hydrogen-bond acceptors (Lipinski definition) is 6. The average molecular weight is 471 g/mol. The predicted molar refractivity (Wildman–Crippen MR) is 133 cm³/mol. The fraction of sp³-hybridized carbons (Fsp3) is 0.500. The number of unbranched alkanes of at least 4 members (excludes halogenated alkanes) is 4. The molecule has 6 heteroatoms. The number of carbonyl (C=O) groups is 2. The van der Waals surface area contributed by atoms with Crippen LogP contribution >= 0.6 is 0 Å². The molecule has 0 amide bonds. The highest BCUT2D eigenvalue weighted by Gasteiger charge is 2.11. The van der Waals surface area contributed by atoms with Gasteiger partial charge in [-0.3, -0.25) is 4.79 Å². The molecule has 0 saturated heterocycles. The Morgan fingerprint density at radius 1 is 0.706 bits per heavy atom. The van der Waals surface area contributed by atoms with Gasteiger partial charge in [-0.25, -0.2) is 4.79 Å². The zero-order chi connectivity index (χ0) is 24.6. The van der Waals surface area contributed by atoms with Crippen molar-refractivity contribution in [2.24, 2.45) is 5.92 Å². The van der Waals surface area contributed by atoms with Crippen LogP contribution in [-0.4, -0.2) is 31.8 Å². The van der Waals surface area contributed by atoms with Gasteiger partial charge >= 0.3 is 11.9 Å². The van der Waals surface area contributed by atoms with E-state index < -0.39 is 5.97 Å².